The third-order valence-electron chi connectivity index (χ3n) is 7.88. The van der Waals surface area contributed by atoms with Gasteiger partial charge in [-0.25, -0.2) is 0 Å². The quantitative estimate of drug-likeness (QED) is 0.223. The fourth-order valence-corrected chi connectivity index (χ4v) is 6.13. The van der Waals surface area contributed by atoms with Crippen molar-refractivity contribution in [2.75, 3.05) is 0 Å². The lowest BCUT2D eigenvalue weighted by Gasteiger charge is -2.14. The van der Waals surface area contributed by atoms with Crippen LogP contribution in [0.1, 0.15) is 0 Å². The molecule has 0 spiro atoms. The summed E-state index contributed by atoms with van der Waals surface area (Å²) in [6, 6.07) is 56.6. The smallest absolute Gasteiger partial charge is 0.0803 e. The van der Waals surface area contributed by atoms with Crippen molar-refractivity contribution in [1.29, 1.82) is 0 Å². The minimum absolute atomic E-state index is 1.15. The zero-order chi connectivity index (χ0) is 26.5. The van der Waals surface area contributed by atoms with E-state index in [1.54, 1.807) is 0 Å². The van der Waals surface area contributed by atoms with Crippen molar-refractivity contribution >= 4 is 32.8 Å². The van der Waals surface area contributed by atoms with E-state index in [0.717, 1.165) is 5.69 Å². The normalized spacial score (nSPS) is 11.5. The third-order valence-corrected chi connectivity index (χ3v) is 7.88. The van der Waals surface area contributed by atoms with Crippen LogP contribution in [0.5, 0.6) is 0 Å². The van der Waals surface area contributed by atoms with Gasteiger partial charge in [0.05, 0.1) is 22.1 Å². The summed E-state index contributed by atoms with van der Waals surface area (Å²) in [6.45, 7) is 0. The van der Waals surface area contributed by atoms with Crippen molar-refractivity contribution in [2.24, 2.45) is 0 Å². The van der Waals surface area contributed by atoms with Crippen LogP contribution in [0.15, 0.2) is 158 Å². The summed E-state index contributed by atoms with van der Waals surface area (Å²) in [6.07, 6.45) is 0. The highest BCUT2D eigenvalue weighted by molar-refractivity contribution is 6.20. The number of fused-ring (bicyclic) bond motifs is 5. The van der Waals surface area contributed by atoms with Crippen LogP contribution >= 0.6 is 0 Å². The first-order valence-electron chi connectivity index (χ1n) is 13.7. The molecule has 0 aliphatic rings. The van der Waals surface area contributed by atoms with Gasteiger partial charge in [-0.15, -0.1) is 0 Å². The lowest BCUT2D eigenvalue weighted by molar-refractivity contribution is 1.17. The number of hydrogen-bond donors (Lipinski definition) is 0. The van der Waals surface area contributed by atoms with Crippen LogP contribution in [0.2, 0.25) is 0 Å². The van der Waals surface area contributed by atoms with Gasteiger partial charge in [-0.3, -0.25) is 0 Å². The first kappa shape index (κ1) is 22.6. The number of aromatic nitrogens is 2. The second kappa shape index (κ2) is 9.14. The minimum atomic E-state index is 1.15. The van der Waals surface area contributed by atoms with Gasteiger partial charge in [0.15, 0.2) is 0 Å². The van der Waals surface area contributed by atoms with Crippen molar-refractivity contribution in [2.45, 2.75) is 0 Å². The molecule has 2 heterocycles. The Balaban J connectivity index is 1.53. The molecule has 0 N–H and O–H groups in total. The molecule has 0 saturated carbocycles. The maximum absolute atomic E-state index is 2.46. The molecule has 40 heavy (non-hydrogen) atoms. The molecule has 0 aliphatic heterocycles. The molecule has 0 amide bonds. The van der Waals surface area contributed by atoms with Crippen LogP contribution in [-0.2, 0) is 0 Å². The zero-order valence-electron chi connectivity index (χ0n) is 21.9. The second-order valence-electron chi connectivity index (χ2n) is 10.2. The largest absolute Gasteiger partial charge is 0.307 e. The first-order chi connectivity index (χ1) is 19.9. The fraction of sp³-hybridized carbons (Fsp3) is 0. The van der Waals surface area contributed by atoms with E-state index < -0.39 is 0 Å². The van der Waals surface area contributed by atoms with Gasteiger partial charge in [0.2, 0.25) is 0 Å². The Labute approximate surface area is 233 Å². The maximum atomic E-state index is 2.46. The van der Waals surface area contributed by atoms with Crippen LogP contribution in [-0.4, -0.2) is 9.13 Å². The lowest BCUT2D eigenvalue weighted by atomic mass is 9.98. The standard InChI is InChI=1S/C38H26N2/c1-4-14-27(15-5-1)29-24-30(28-16-6-2-7-17-28)26-32(25-29)40-36-23-13-11-21-34(36)37-38(40)33-20-10-12-22-35(33)39(37)31-18-8-3-9-19-31/h1-26H. The average Bonchev–Trinajstić information content (AvgIpc) is 3.55. The second-order valence-corrected chi connectivity index (χ2v) is 10.2. The molecule has 0 saturated heterocycles. The first-order valence-corrected chi connectivity index (χ1v) is 13.7. The van der Waals surface area contributed by atoms with E-state index in [9.17, 15) is 0 Å². The molecule has 0 bridgehead atoms. The summed E-state index contributed by atoms with van der Waals surface area (Å²) in [7, 11) is 0. The predicted octanol–water partition coefficient (Wildman–Crippen LogP) is 10.1. The van der Waals surface area contributed by atoms with Crippen molar-refractivity contribution in [1.82, 2.24) is 9.13 Å². The van der Waals surface area contributed by atoms with Crippen LogP contribution in [0.4, 0.5) is 0 Å². The number of benzene rings is 6. The molecule has 0 fully saturated rings. The van der Waals surface area contributed by atoms with Crippen molar-refractivity contribution < 1.29 is 0 Å². The van der Waals surface area contributed by atoms with E-state index in [-0.39, 0.29) is 0 Å². The number of hydrogen-bond acceptors (Lipinski definition) is 0. The monoisotopic (exact) mass is 510 g/mol. The summed E-state index contributed by atoms with van der Waals surface area (Å²) in [5, 5.41) is 2.48. The number of nitrogens with zero attached hydrogens (tertiary/aromatic N) is 2. The van der Waals surface area contributed by atoms with Gasteiger partial charge in [-0.05, 0) is 64.7 Å². The summed E-state index contributed by atoms with van der Waals surface area (Å²) in [4.78, 5) is 0. The van der Waals surface area contributed by atoms with Gasteiger partial charge in [-0.1, -0.05) is 115 Å². The molecule has 8 aromatic rings. The maximum Gasteiger partial charge on any atom is 0.0803 e. The molecule has 2 heteroatoms. The zero-order valence-corrected chi connectivity index (χ0v) is 21.9. The highest BCUT2D eigenvalue weighted by atomic mass is 15.1. The van der Waals surface area contributed by atoms with Crippen molar-refractivity contribution in [3.8, 4) is 33.6 Å². The van der Waals surface area contributed by atoms with Crippen LogP contribution in [0.3, 0.4) is 0 Å². The molecular formula is C38H26N2. The SMILES string of the molecule is c1ccc(-c2cc(-c3ccccc3)cc(-n3c4ccccc4c4c3c3ccccc3n4-c3ccccc3)c2)cc1. The summed E-state index contributed by atoms with van der Waals surface area (Å²) in [5.74, 6) is 0. The van der Waals surface area contributed by atoms with E-state index in [4.69, 9.17) is 0 Å². The minimum Gasteiger partial charge on any atom is -0.307 e. The van der Waals surface area contributed by atoms with Crippen LogP contribution in [0, 0.1) is 0 Å². The van der Waals surface area contributed by atoms with Gasteiger partial charge in [0, 0.05) is 22.1 Å². The molecule has 0 unspecified atom stereocenters. The Kier molecular flexibility index (Phi) is 5.17. The highest BCUT2D eigenvalue weighted by Crippen LogP contribution is 2.41. The summed E-state index contributed by atoms with van der Waals surface area (Å²) < 4.78 is 4.88. The van der Waals surface area contributed by atoms with Crippen LogP contribution in [0.25, 0.3) is 66.5 Å². The summed E-state index contributed by atoms with van der Waals surface area (Å²) >= 11 is 0. The van der Waals surface area contributed by atoms with Crippen molar-refractivity contribution in [3.05, 3.63) is 158 Å². The Morgan fingerprint density at radius 3 is 1.20 bits per heavy atom. The van der Waals surface area contributed by atoms with E-state index >= 15 is 0 Å². The fourth-order valence-electron chi connectivity index (χ4n) is 6.13. The van der Waals surface area contributed by atoms with Gasteiger partial charge in [0.1, 0.15) is 0 Å². The molecule has 188 valence electrons. The number of para-hydroxylation sites is 3. The molecule has 0 radical (unpaired) electrons. The van der Waals surface area contributed by atoms with Crippen LogP contribution < -0.4 is 0 Å². The van der Waals surface area contributed by atoms with Gasteiger partial charge in [0.25, 0.3) is 0 Å². The predicted molar refractivity (Wildman–Crippen MR) is 168 cm³/mol. The van der Waals surface area contributed by atoms with Crippen molar-refractivity contribution in [3.63, 3.8) is 0 Å². The van der Waals surface area contributed by atoms with Gasteiger partial charge < -0.3 is 9.13 Å². The molecule has 0 atom stereocenters. The Morgan fingerprint density at radius 2 is 0.700 bits per heavy atom. The van der Waals surface area contributed by atoms with Gasteiger partial charge in [-0.2, -0.15) is 0 Å². The topological polar surface area (TPSA) is 9.86 Å². The molecule has 0 aliphatic carbocycles. The van der Waals surface area contributed by atoms with E-state index in [0.29, 0.717) is 0 Å². The molecule has 2 aromatic heterocycles. The highest BCUT2D eigenvalue weighted by Gasteiger charge is 2.22. The van der Waals surface area contributed by atoms with E-state index in [1.165, 1.54) is 60.8 Å². The van der Waals surface area contributed by atoms with E-state index in [2.05, 4.69) is 167 Å². The average molecular weight is 511 g/mol. The molecule has 6 aromatic carbocycles. The Bertz CT molecular complexity index is 2070. The molecular weight excluding hydrogens is 484 g/mol. The number of rotatable bonds is 4. The summed E-state index contributed by atoms with van der Waals surface area (Å²) in [5.41, 5.74) is 12.0. The van der Waals surface area contributed by atoms with E-state index in [1.807, 2.05) is 0 Å². The Hall–Kier alpha value is -5.34. The Morgan fingerprint density at radius 1 is 0.300 bits per heavy atom. The molecule has 2 nitrogen and oxygen atoms in total. The third kappa shape index (κ3) is 3.50. The van der Waals surface area contributed by atoms with Gasteiger partial charge >= 0.3 is 0 Å². The molecule has 8 rings (SSSR count). The lowest BCUT2D eigenvalue weighted by Crippen LogP contribution is -1.96.